The topological polar surface area (TPSA) is 20.2 Å². The first-order valence-corrected chi connectivity index (χ1v) is 9.83. The lowest BCUT2D eigenvalue weighted by molar-refractivity contribution is -0.0899. The second kappa shape index (κ2) is 5.10. The van der Waals surface area contributed by atoms with Crippen LogP contribution in [0.5, 0.6) is 0 Å². The highest BCUT2D eigenvalue weighted by Gasteiger charge is 2.55. The maximum atomic E-state index is 10.5. The average molecular weight is 303 g/mol. The maximum absolute atomic E-state index is 10.5. The van der Waals surface area contributed by atoms with Crippen molar-refractivity contribution in [2.24, 2.45) is 35.0 Å². The van der Waals surface area contributed by atoms with Gasteiger partial charge in [0.15, 0.2) is 0 Å². The van der Waals surface area contributed by atoms with Crippen LogP contribution < -0.4 is 0 Å². The molecule has 0 aliphatic heterocycles. The lowest BCUT2D eigenvalue weighted by Gasteiger charge is -2.56. The molecule has 7 atom stereocenters. The highest BCUT2D eigenvalue weighted by atomic mass is 16.3. The molecule has 22 heavy (non-hydrogen) atoms. The van der Waals surface area contributed by atoms with E-state index in [1.165, 1.54) is 44.9 Å². The summed E-state index contributed by atoms with van der Waals surface area (Å²) >= 11 is 0. The summed E-state index contributed by atoms with van der Waals surface area (Å²) in [5, 5.41) is 10.5. The van der Waals surface area contributed by atoms with Gasteiger partial charge in [0.25, 0.3) is 0 Å². The molecule has 124 valence electrons. The van der Waals surface area contributed by atoms with Crippen molar-refractivity contribution in [2.45, 2.75) is 84.2 Å². The van der Waals surface area contributed by atoms with Crippen LogP contribution in [0, 0.1) is 35.0 Å². The van der Waals surface area contributed by atoms with E-state index in [4.69, 9.17) is 0 Å². The fourth-order valence-corrected chi connectivity index (χ4v) is 7.40. The van der Waals surface area contributed by atoms with Crippen LogP contribution in [-0.4, -0.2) is 10.7 Å². The fourth-order valence-electron chi connectivity index (χ4n) is 7.40. The molecule has 1 nitrogen and oxygen atoms in total. The lowest BCUT2D eigenvalue weighted by Crippen LogP contribution is -2.49. The Labute approximate surface area is 136 Å². The number of aliphatic hydroxyl groups is 1. The van der Waals surface area contributed by atoms with E-state index in [1.54, 1.807) is 5.57 Å². The SMILES string of the molecule is C/C=C1\CCC2C3CCC4C[C@@](C)(O)CCC4C3CCC12C. The summed E-state index contributed by atoms with van der Waals surface area (Å²) in [6.45, 7) is 6.91. The van der Waals surface area contributed by atoms with Crippen LogP contribution in [0.2, 0.25) is 0 Å². The zero-order valence-electron chi connectivity index (χ0n) is 14.8. The van der Waals surface area contributed by atoms with Crippen LogP contribution in [0.25, 0.3) is 0 Å². The van der Waals surface area contributed by atoms with Crippen molar-refractivity contribution >= 4 is 0 Å². The van der Waals surface area contributed by atoms with Crippen LogP contribution in [0.4, 0.5) is 0 Å². The van der Waals surface area contributed by atoms with Crippen LogP contribution >= 0.6 is 0 Å². The minimum atomic E-state index is -0.372. The molecule has 4 aliphatic carbocycles. The van der Waals surface area contributed by atoms with Gasteiger partial charge < -0.3 is 5.11 Å². The predicted octanol–water partition coefficient (Wildman–Crippen LogP) is 5.34. The molecule has 1 N–H and O–H groups in total. The second-order valence-corrected chi connectivity index (χ2v) is 9.48. The van der Waals surface area contributed by atoms with Crippen molar-refractivity contribution in [2.75, 3.05) is 0 Å². The molecule has 6 unspecified atom stereocenters. The van der Waals surface area contributed by atoms with Gasteiger partial charge in [-0.05, 0) is 107 Å². The van der Waals surface area contributed by atoms with Gasteiger partial charge in [-0.25, -0.2) is 0 Å². The third-order valence-electron chi connectivity index (χ3n) is 8.43. The second-order valence-electron chi connectivity index (χ2n) is 9.48. The molecular weight excluding hydrogens is 268 g/mol. The summed E-state index contributed by atoms with van der Waals surface area (Å²) < 4.78 is 0. The van der Waals surface area contributed by atoms with Gasteiger partial charge in [-0.15, -0.1) is 0 Å². The highest BCUT2D eigenvalue weighted by Crippen LogP contribution is 2.64. The van der Waals surface area contributed by atoms with Crippen molar-refractivity contribution in [3.05, 3.63) is 11.6 Å². The molecule has 4 saturated carbocycles. The Kier molecular flexibility index (Phi) is 3.53. The number of rotatable bonds is 0. The van der Waals surface area contributed by atoms with E-state index in [-0.39, 0.29) is 5.60 Å². The molecule has 0 aromatic carbocycles. The summed E-state index contributed by atoms with van der Waals surface area (Å²) in [4.78, 5) is 0. The molecule has 0 bridgehead atoms. The van der Waals surface area contributed by atoms with Gasteiger partial charge in [-0.2, -0.15) is 0 Å². The zero-order chi connectivity index (χ0) is 15.5. The summed E-state index contributed by atoms with van der Waals surface area (Å²) in [5.74, 6) is 4.67. The number of allylic oxidation sites excluding steroid dienone is 2. The number of fused-ring (bicyclic) bond motifs is 5. The monoisotopic (exact) mass is 302 g/mol. The van der Waals surface area contributed by atoms with Gasteiger partial charge in [0.05, 0.1) is 5.60 Å². The van der Waals surface area contributed by atoms with Gasteiger partial charge in [0.2, 0.25) is 0 Å². The van der Waals surface area contributed by atoms with E-state index in [2.05, 4.69) is 26.8 Å². The number of hydrogen-bond donors (Lipinski definition) is 1. The van der Waals surface area contributed by atoms with E-state index in [1.807, 2.05) is 0 Å². The third kappa shape index (κ3) is 2.14. The van der Waals surface area contributed by atoms with E-state index < -0.39 is 0 Å². The maximum Gasteiger partial charge on any atom is 0.0622 e. The van der Waals surface area contributed by atoms with E-state index in [9.17, 15) is 5.11 Å². The first-order chi connectivity index (χ1) is 10.4. The average Bonchev–Trinajstić information content (AvgIpc) is 2.82. The Morgan fingerprint density at radius 1 is 0.955 bits per heavy atom. The van der Waals surface area contributed by atoms with E-state index in [0.717, 1.165) is 42.4 Å². The van der Waals surface area contributed by atoms with Crippen LogP contribution in [-0.2, 0) is 0 Å². The molecule has 0 amide bonds. The van der Waals surface area contributed by atoms with Gasteiger partial charge in [0, 0.05) is 0 Å². The highest BCUT2D eigenvalue weighted by molar-refractivity contribution is 5.23. The summed E-state index contributed by atoms with van der Waals surface area (Å²) in [6, 6.07) is 0. The van der Waals surface area contributed by atoms with Crippen LogP contribution in [0.3, 0.4) is 0 Å². The molecule has 4 rings (SSSR count). The van der Waals surface area contributed by atoms with Gasteiger partial charge in [-0.1, -0.05) is 18.6 Å². The van der Waals surface area contributed by atoms with Crippen LogP contribution in [0.15, 0.2) is 11.6 Å². The first-order valence-electron chi connectivity index (χ1n) is 9.83. The van der Waals surface area contributed by atoms with Crippen molar-refractivity contribution in [3.63, 3.8) is 0 Å². The van der Waals surface area contributed by atoms with Crippen molar-refractivity contribution in [1.29, 1.82) is 0 Å². The van der Waals surface area contributed by atoms with Crippen molar-refractivity contribution in [3.8, 4) is 0 Å². The fraction of sp³-hybridized carbons (Fsp3) is 0.905. The molecule has 0 spiro atoms. The lowest BCUT2D eigenvalue weighted by atomic mass is 9.49. The van der Waals surface area contributed by atoms with Crippen molar-refractivity contribution < 1.29 is 5.11 Å². The van der Waals surface area contributed by atoms with E-state index >= 15 is 0 Å². The molecule has 0 radical (unpaired) electrons. The van der Waals surface area contributed by atoms with Gasteiger partial charge in [-0.3, -0.25) is 0 Å². The Balaban J connectivity index is 1.57. The molecule has 0 saturated heterocycles. The standard InChI is InChI=1S/C21H34O/c1-4-15-6-8-19-18-7-5-14-13-20(2,22)11-9-16(14)17(18)10-12-21(15,19)3/h4,14,16-19,22H,5-13H2,1-3H3/b15-4+/t14?,16?,17?,18?,19?,20-,21?/m0/s1. The van der Waals surface area contributed by atoms with Crippen molar-refractivity contribution in [1.82, 2.24) is 0 Å². The minimum absolute atomic E-state index is 0.372. The smallest absolute Gasteiger partial charge is 0.0622 e. The molecule has 0 aromatic heterocycles. The first kappa shape index (κ1) is 15.2. The Morgan fingerprint density at radius 2 is 1.73 bits per heavy atom. The third-order valence-corrected chi connectivity index (χ3v) is 8.43. The molecular formula is C21H34O. The minimum Gasteiger partial charge on any atom is -0.390 e. The molecule has 4 aliphatic rings. The Bertz CT molecular complexity index is 476. The predicted molar refractivity (Wildman–Crippen MR) is 91.5 cm³/mol. The summed E-state index contributed by atoms with van der Waals surface area (Å²) in [7, 11) is 0. The quantitative estimate of drug-likeness (QED) is 0.599. The van der Waals surface area contributed by atoms with Gasteiger partial charge in [0.1, 0.15) is 0 Å². The van der Waals surface area contributed by atoms with Gasteiger partial charge >= 0.3 is 0 Å². The Morgan fingerprint density at radius 3 is 2.50 bits per heavy atom. The van der Waals surface area contributed by atoms with E-state index in [0.29, 0.717) is 5.41 Å². The Hall–Kier alpha value is -0.300. The van der Waals surface area contributed by atoms with Crippen LogP contribution in [0.1, 0.15) is 78.6 Å². The largest absolute Gasteiger partial charge is 0.390 e. The summed E-state index contributed by atoms with van der Waals surface area (Å²) in [6.07, 6.45) is 14.4. The number of hydrogen-bond acceptors (Lipinski definition) is 1. The molecule has 0 heterocycles. The summed E-state index contributed by atoms with van der Waals surface area (Å²) in [5.41, 5.74) is 1.93. The molecule has 1 heteroatoms. The molecule has 0 aromatic rings. The zero-order valence-corrected chi connectivity index (χ0v) is 14.8. The molecule has 4 fully saturated rings. The normalized spacial score (nSPS) is 56.4.